The van der Waals surface area contributed by atoms with E-state index in [-0.39, 0.29) is 4.32 Å². The summed E-state index contributed by atoms with van der Waals surface area (Å²) in [6.45, 7) is -0.441. The van der Waals surface area contributed by atoms with E-state index in [9.17, 15) is 9.59 Å². The monoisotopic (exact) mass is 427 g/mol. The predicted octanol–water partition coefficient (Wildman–Crippen LogP) is 3.89. The van der Waals surface area contributed by atoms with Gasteiger partial charge in [0.2, 0.25) is 0 Å². The summed E-state index contributed by atoms with van der Waals surface area (Å²) in [5, 5.41) is 15.7. The van der Waals surface area contributed by atoms with Crippen LogP contribution in [-0.2, 0) is 9.59 Å². The molecule has 2 aromatic heterocycles. The molecule has 28 heavy (non-hydrogen) atoms. The summed E-state index contributed by atoms with van der Waals surface area (Å²) < 4.78 is 2.01. The van der Waals surface area contributed by atoms with Gasteiger partial charge in [-0.05, 0) is 29.7 Å². The van der Waals surface area contributed by atoms with Gasteiger partial charge in [0.1, 0.15) is 16.6 Å². The molecule has 0 aliphatic carbocycles. The maximum Gasteiger partial charge on any atom is 0.323 e. The van der Waals surface area contributed by atoms with E-state index in [0.29, 0.717) is 4.91 Å². The highest BCUT2D eigenvalue weighted by Gasteiger charge is 2.33. The van der Waals surface area contributed by atoms with E-state index in [0.717, 1.165) is 38.5 Å². The maximum atomic E-state index is 12.6. The lowest BCUT2D eigenvalue weighted by Gasteiger charge is -2.10. The number of carbonyl (C=O) groups is 2. The Bertz CT molecular complexity index is 1090. The third kappa shape index (κ3) is 3.64. The van der Waals surface area contributed by atoms with Crippen molar-refractivity contribution in [1.29, 1.82) is 0 Å². The summed E-state index contributed by atoms with van der Waals surface area (Å²) in [6, 6.07) is 13.6. The van der Waals surface area contributed by atoms with E-state index >= 15 is 0 Å². The van der Waals surface area contributed by atoms with Crippen molar-refractivity contribution in [3.05, 3.63) is 64.5 Å². The molecule has 1 N–H and O–H groups in total. The van der Waals surface area contributed by atoms with Crippen molar-refractivity contribution in [1.82, 2.24) is 14.7 Å². The van der Waals surface area contributed by atoms with Crippen LogP contribution in [0.15, 0.2) is 58.9 Å². The zero-order valence-electron chi connectivity index (χ0n) is 14.3. The molecule has 1 aromatic carbocycles. The highest BCUT2D eigenvalue weighted by atomic mass is 32.2. The number of hydrogen-bond donors (Lipinski definition) is 1. The van der Waals surface area contributed by atoms with Crippen molar-refractivity contribution < 1.29 is 14.7 Å². The normalized spacial score (nSPS) is 15.6. The standard InChI is InChI=1S/C19H13N3O3S3/c23-16(24)11-21-18(25)15(28-19(21)26)9-12-10-22(13-5-2-1-3-6-13)20-17(12)14-7-4-8-27-14/h1-10H,11H2,(H,23,24). The lowest BCUT2D eigenvalue weighted by Crippen LogP contribution is -2.33. The number of amides is 1. The molecule has 0 radical (unpaired) electrons. The molecule has 1 aliphatic rings. The molecule has 1 saturated heterocycles. The van der Waals surface area contributed by atoms with Crippen LogP contribution in [0.5, 0.6) is 0 Å². The summed E-state index contributed by atoms with van der Waals surface area (Å²) >= 11 is 7.83. The molecule has 0 atom stereocenters. The molecule has 0 bridgehead atoms. The molecule has 9 heteroatoms. The van der Waals surface area contributed by atoms with Crippen molar-refractivity contribution in [2.24, 2.45) is 0 Å². The number of carboxylic acid groups (broad SMARTS) is 1. The van der Waals surface area contributed by atoms with Crippen molar-refractivity contribution in [3.8, 4) is 16.3 Å². The quantitative estimate of drug-likeness (QED) is 0.492. The number of hydrogen-bond acceptors (Lipinski definition) is 6. The van der Waals surface area contributed by atoms with Crippen LogP contribution in [0.1, 0.15) is 5.56 Å². The molecule has 1 amide bonds. The average molecular weight is 428 g/mol. The number of carbonyl (C=O) groups excluding carboxylic acids is 1. The molecule has 0 saturated carbocycles. The first kappa shape index (κ1) is 18.6. The molecule has 6 nitrogen and oxygen atoms in total. The number of nitrogens with zero attached hydrogens (tertiary/aromatic N) is 3. The van der Waals surface area contributed by atoms with Crippen LogP contribution in [0.3, 0.4) is 0 Å². The third-order valence-electron chi connectivity index (χ3n) is 3.97. The lowest BCUT2D eigenvalue weighted by atomic mass is 10.2. The molecular formula is C19H13N3O3S3. The Kier molecular flexibility index (Phi) is 5.12. The second kappa shape index (κ2) is 7.70. The highest BCUT2D eigenvalue weighted by Crippen LogP contribution is 2.35. The maximum absolute atomic E-state index is 12.6. The molecule has 3 heterocycles. The van der Waals surface area contributed by atoms with Gasteiger partial charge in [-0.15, -0.1) is 11.3 Å². The molecule has 0 spiro atoms. The van der Waals surface area contributed by atoms with Crippen LogP contribution in [0.25, 0.3) is 22.3 Å². The van der Waals surface area contributed by atoms with Crippen LogP contribution in [0.4, 0.5) is 0 Å². The first-order valence-corrected chi connectivity index (χ1v) is 10.3. The van der Waals surface area contributed by atoms with Crippen molar-refractivity contribution in [2.75, 3.05) is 6.54 Å². The number of thiocarbonyl (C=S) groups is 1. The van der Waals surface area contributed by atoms with Crippen LogP contribution < -0.4 is 0 Å². The molecule has 3 aromatic rings. The number of aliphatic carboxylic acids is 1. The van der Waals surface area contributed by atoms with Crippen molar-refractivity contribution in [2.45, 2.75) is 0 Å². The number of para-hydroxylation sites is 1. The Hall–Kier alpha value is -2.75. The van der Waals surface area contributed by atoms with Gasteiger partial charge in [-0.3, -0.25) is 14.5 Å². The summed E-state index contributed by atoms with van der Waals surface area (Å²) in [7, 11) is 0. The molecule has 0 unspecified atom stereocenters. The molecule has 1 fully saturated rings. The second-order valence-corrected chi connectivity index (χ2v) is 8.48. The van der Waals surface area contributed by atoms with E-state index in [1.807, 2.05) is 54.0 Å². The number of thiophene rings is 1. The summed E-state index contributed by atoms with van der Waals surface area (Å²) in [5.41, 5.74) is 2.42. The van der Waals surface area contributed by atoms with Crippen molar-refractivity contribution >= 4 is 57.6 Å². The second-order valence-electron chi connectivity index (χ2n) is 5.85. The zero-order chi connectivity index (χ0) is 19.7. The van der Waals surface area contributed by atoms with Crippen LogP contribution in [0, 0.1) is 0 Å². The predicted molar refractivity (Wildman–Crippen MR) is 114 cm³/mol. The first-order chi connectivity index (χ1) is 13.5. The number of aromatic nitrogens is 2. The first-order valence-electron chi connectivity index (χ1n) is 8.19. The molecule has 1 aliphatic heterocycles. The van der Waals surface area contributed by atoms with Gasteiger partial charge in [0, 0.05) is 11.8 Å². The minimum absolute atomic E-state index is 0.242. The number of carboxylic acids is 1. The number of rotatable bonds is 5. The SMILES string of the molecule is O=C(O)CN1C(=O)C(=Cc2cn(-c3ccccc3)nc2-c2cccs2)SC1=S. The van der Waals surface area contributed by atoms with Gasteiger partial charge < -0.3 is 5.11 Å². The fourth-order valence-corrected chi connectivity index (χ4v) is 4.70. The average Bonchev–Trinajstić information content (AvgIpc) is 3.39. The third-order valence-corrected chi connectivity index (χ3v) is 6.23. The lowest BCUT2D eigenvalue weighted by molar-refractivity contribution is -0.140. The molecular weight excluding hydrogens is 414 g/mol. The Morgan fingerprint density at radius 2 is 2.00 bits per heavy atom. The molecule has 140 valence electrons. The topological polar surface area (TPSA) is 75.4 Å². The van der Waals surface area contributed by atoms with Crippen LogP contribution >= 0.6 is 35.3 Å². The van der Waals surface area contributed by atoms with Gasteiger partial charge in [-0.25, -0.2) is 4.68 Å². The zero-order valence-corrected chi connectivity index (χ0v) is 16.8. The smallest absolute Gasteiger partial charge is 0.323 e. The van der Waals surface area contributed by atoms with Gasteiger partial charge in [0.05, 0.1) is 15.5 Å². The Labute approximate surface area is 174 Å². The van der Waals surface area contributed by atoms with E-state index in [4.69, 9.17) is 22.4 Å². The molecule has 4 rings (SSSR count). The fraction of sp³-hybridized carbons (Fsp3) is 0.0526. The van der Waals surface area contributed by atoms with E-state index in [1.54, 1.807) is 22.1 Å². The Morgan fingerprint density at radius 1 is 1.21 bits per heavy atom. The van der Waals surface area contributed by atoms with Gasteiger partial charge in [-0.2, -0.15) is 5.10 Å². The minimum Gasteiger partial charge on any atom is -0.480 e. The minimum atomic E-state index is -1.10. The van der Waals surface area contributed by atoms with Crippen molar-refractivity contribution in [3.63, 3.8) is 0 Å². The van der Waals surface area contributed by atoms with Gasteiger partial charge in [-0.1, -0.05) is 48.2 Å². The van der Waals surface area contributed by atoms with Crippen LogP contribution in [-0.4, -0.2) is 42.5 Å². The van der Waals surface area contributed by atoms with Gasteiger partial charge >= 0.3 is 5.97 Å². The number of thioether (sulfide) groups is 1. The Morgan fingerprint density at radius 3 is 2.68 bits per heavy atom. The largest absolute Gasteiger partial charge is 0.480 e. The highest BCUT2D eigenvalue weighted by molar-refractivity contribution is 8.26. The summed E-state index contributed by atoms with van der Waals surface area (Å²) in [5.74, 6) is -1.50. The Balaban J connectivity index is 1.76. The van der Waals surface area contributed by atoms with E-state index in [2.05, 4.69) is 0 Å². The number of benzene rings is 1. The van der Waals surface area contributed by atoms with E-state index in [1.165, 1.54) is 0 Å². The summed E-state index contributed by atoms with van der Waals surface area (Å²) in [6.07, 6.45) is 3.58. The van der Waals surface area contributed by atoms with Gasteiger partial charge in [0.25, 0.3) is 5.91 Å². The van der Waals surface area contributed by atoms with Gasteiger partial charge in [0.15, 0.2) is 0 Å². The van der Waals surface area contributed by atoms with Crippen LogP contribution in [0.2, 0.25) is 0 Å². The van der Waals surface area contributed by atoms with E-state index < -0.39 is 18.4 Å². The summed E-state index contributed by atoms with van der Waals surface area (Å²) in [4.78, 5) is 26.0. The fourth-order valence-electron chi connectivity index (χ4n) is 2.72.